The van der Waals surface area contributed by atoms with Gasteiger partial charge in [-0.1, -0.05) is 5.21 Å². The van der Waals surface area contributed by atoms with Gasteiger partial charge in [0.25, 0.3) is 0 Å². The Morgan fingerprint density at radius 3 is 2.95 bits per heavy atom. The molecule has 8 heteroatoms. The number of hydrogen-bond acceptors (Lipinski definition) is 6. The van der Waals surface area contributed by atoms with E-state index in [0.717, 1.165) is 39.4 Å². The summed E-state index contributed by atoms with van der Waals surface area (Å²) in [5.74, 6) is -1.05. The molecule has 2 heterocycles. The second kappa shape index (κ2) is 7.32. The molecule has 0 aromatic carbocycles. The average molecular weight is 283 g/mol. The molecule has 2 N–H and O–H groups in total. The van der Waals surface area contributed by atoms with Crippen LogP contribution in [0.25, 0.3) is 0 Å². The fraction of sp³-hybridized carbons (Fsp3) is 0.750. The minimum atomic E-state index is -1.05. The Morgan fingerprint density at radius 1 is 1.55 bits per heavy atom. The summed E-state index contributed by atoms with van der Waals surface area (Å²) < 4.78 is 6.85. The summed E-state index contributed by atoms with van der Waals surface area (Å²) in [5, 5.41) is 19.5. The molecule has 0 bridgehead atoms. The summed E-state index contributed by atoms with van der Waals surface area (Å²) in [4.78, 5) is 13.0. The van der Waals surface area contributed by atoms with Gasteiger partial charge in [-0.15, -0.1) is 5.10 Å². The Balaban J connectivity index is 1.65. The molecule has 20 heavy (non-hydrogen) atoms. The Bertz CT molecular complexity index is 430. The predicted molar refractivity (Wildman–Crippen MR) is 71.7 cm³/mol. The number of aromatic nitrogens is 3. The maximum atomic E-state index is 10.7. The van der Waals surface area contributed by atoms with Crippen LogP contribution in [0.3, 0.4) is 0 Å². The van der Waals surface area contributed by atoms with E-state index >= 15 is 0 Å². The van der Waals surface area contributed by atoms with Crippen LogP contribution in [-0.4, -0.2) is 76.4 Å². The SMILES string of the molecule is CC(CN1CCOCC1)NCCn1cc(C(=O)O)nn1. The van der Waals surface area contributed by atoms with Gasteiger partial charge in [0, 0.05) is 32.2 Å². The standard InChI is InChI=1S/C12H21N5O3/c1-10(8-16-4-6-20-7-5-16)13-2-3-17-9-11(12(18)19)14-15-17/h9-10,13H,2-8H2,1H3,(H,18,19). The van der Waals surface area contributed by atoms with Gasteiger partial charge in [-0.05, 0) is 6.92 Å². The van der Waals surface area contributed by atoms with Gasteiger partial charge in [0.2, 0.25) is 0 Å². The molecule has 1 aromatic heterocycles. The molecule has 1 unspecified atom stereocenters. The summed E-state index contributed by atoms with van der Waals surface area (Å²) in [6.07, 6.45) is 1.44. The van der Waals surface area contributed by atoms with Gasteiger partial charge in [0.05, 0.1) is 26.0 Å². The number of aromatic carboxylic acids is 1. The third-order valence-corrected chi connectivity index (χ3v) is 3.23. The van der Waals surface area contributed by atoms with Crippen molar-refractivity contribution in [2.75, 3.05) is 39.4 Å². The van der Waals surface area contributed by atoms with Gasteiger partial charge in [0.1, 0.15) is 0 Å². The van der Waals surface area contributed by atoms with Crippen molar-refractivity contribution >= 4 is 5.97 Å². The van der Waals surface area contributed by atoms with E-state index in [-0.39, 0.29) is 5.69 Å². The van der Waals surface area contributed by atoms with Gasteiger partial charge < -0.3 is 15.2 Å². The molecule has 1 fully saturated rings. The molecular weight excluding hydrogens is 262 g/mol. The second-order valence-electron chi connectivity index (χ2n) is 4.94. The number of rotatable bonds is 7. The molecule has 0 aliphatic carbocycles. The molecule has 1 aliphatic rings. The quantitative estimate of drug-likeness (QED) is 0.682. The minimum Gasteiger partial charge on any atom is -0.476 e. The Hall–Kier alpha value is -1.51. The van der Waals surface area contributed by atoms with Crippen LogP contribution in [-0.2, 0) is 11.3 Å². The van der Waals surface area contributed by atoms with Gasteiger partial charge >= 0.3 is 5.97 Å². The number of nitrogens with one attached hydrogen (secondary N) is 1. The van der Waals surface area contributed by atoms with Crippen LogP contribution in [0.1, 0.15) is 17.4 Å². The molecule has 0 radical (unpaired) electrons. The van der Waals surface area contributed by atoms with Crippen molar-refractivity contribution in [3.8, 4) is 0 Å². The first-order chi connectivity index (χ1) is 9.65. The summed E-state index contributed by atoms with van der Waals surface area (Å²) in [6, 6.07) is 0.371. The highest BCUT2D eigenvalue weighted by Gasteiger charge is 2.13. The molecule has 0 spiro atoms. The maximum Gasteiger partial charge on any atom is 0.358 e. The van der Waals surface area contributed by atoms with Crippen LogP contribution in [0.2, 0.25) is 0 Å². The zero-order valence-corrected chi connectivity index (χ0v) is 11.7. The fourth-order valence-corrected chi connectivity index (χ4v) is 2.17. The smallest absolute Gasteiger partial charge is 0.358 e. The van der Waals surface area contributed by atoms with Crippen molar-refractivity contribution in [2.45, 2.75) is 19.5 Å². The Morgan fingerprint density at radius 2 is 2.30 bits per heavy atom. The third-order valence-electron chi connectivity index (χ3n) is 3.23. The third kappa shape index (κ3) is 4.55. The lowest BCUT2D eigenvalue weighted by Crippen LogP contribution is -2.45. The Labute approximate surface area is 117 Å². The molecule has 1 aromatic rings. The molecule has 0 saturated carbocycles. The zero-order chi connectivity index (χ0) is 14.4. The lowest BCUT2D eigenvalue weighted by atomic mass is 10.3. The fourth-order valence-electron chi connectivity index (χ4n) is 2.17. The Kier molecular flexibility index (Phi) is 5.45. The van der Waals surface area contributed by atoms with Gasteiger partial charge in [-0.2, -0.15) is 0 Å². The molecule has 1 aliphatic heterocycles. The van der Waals surface area contributed by atoms with Crippen LogP contribution < -0.4 is 5.32 Å². The molecule has 1 saturated heterocycles. The molecule has 1 atom stereocenters. The van der Waals surface area contributed by atoms with Crippen molar-refractivity contribution in [3.05, 3.63) is 11.9 Å². The summed E-state index contributed by atoms with van der Waals surface area (Å²) in [6.45, 7) is 8.05. The predicted octanol–water partition coefficient (Wildman–Crippen LogP) is -0.713. The van der Waals surface area contributed by atoms with Gasteiger partial charge in [-0.25, -0.2) is 4.79 Å². The number of ether oxygens (including phenoxy) is 1. The first-order valence-electron chi connectivity index (χ1n) is 6.82. The highest BCUT2D eigenvalue weighted by atomic mass is 16.5. The first kappa shape index (κ1) is 14.9. The summed E-state index contributed by atoms with van der Waals surface area (Å²) >= 11 is 0. The molecule has 8 nitrogen and oxygen atoms in total. The molecular formula is C12H21N5O3. The minimum absolute atomic E-state index is 0.0219. The van der Waals surface area contributed by atoms with E-state index in [2.05, 4.69) is 27.5 Å². The average Bonchev–Trinajstić information content (AvgIpc) is 2.89. The zero-order valence-electron chi connectivity index (χ0n) is 11.7. The van der Waals surface area contributed by atoms with Crippen LogP contribution in [0.15, 0.2) is 6.20 Å². The second-order valence-corrected chi connectivity index (χ2v) is 4.94. The molecule has 0 amide bonds. The molecule has 2 rings (SSSR count). The number of carboxylic acids is 1. The van der Waals surface area contributed by atoms with E-state index in [9.17, 15) is 4.79 Å². The van der Waals surface area contributed by atoms with Crippen LogP contribution in [0.5, 0.6) is 0 Å². The number of morpholine rings is 1. The van der Waals surface area contributed by atoms with E-state index in [1.54, 1.807) is 0 Å². The van der Waals surface area contributed by atoms with Gasteiger partial charge in [-0.3, -0.25) is 9.58 Å². The maximum absolute atomic E-state index is 10.7. The topological polar surface area (TPSA) is 92.5 Å². The molecule has 112 valence electrons. The van der Waals surface area contributed by atoms with E-state index < -0.39 is 5.97 Å². The number of carbonyl (C=O) groups is 1. The highest BCUT2D eigenvalue weighted by molar-refractivity contribution is 5.84. The van der Waals surface area contributed by atoms with Crippen molar-refractivity contribution in [3.63, 3.8) is 0 Å². The van der Waals surface area contributed by atoms with Crippen LogP contribution in [0, 0.1) is 0 Å². The number of hydrogen-bond donors (Lipinski definition) is 2. The van der Waals surface area contributed by atoms with Crippen molar-refractivity contribution in [1.29, 1.82) is 0 Å². The monoisotopic (exact) mass is 283 g/mol. The highest BCUT2D eigenvalue weighted by Crippen LogP contribution is 1.98. The number of carboxylic acid groups (broad SMARTS) is 1. The van der Waals surface area contributed by atoms with E-state index in [4.69, 9.17) is 9.84 Å². The largest absolute Gasteiger partial charge is 0.476 e. The van der Waals surface area contributed by atoms with Crippen molar-refractivity contribution < 1.29 is 14.6 Å². The lowest BCUT2D eigenvalue weighted by molar-refractivity contribution is 0.0344. The first-order valence-corrected chi connectivity index (χ1v) is 6.82. The number of nitrogens with zero attached hydrogens (tertiary/aromatic N) is 4. The van der Waals surface area contributed by atoms with Crippen LogP contribution >= 0.6 is 0 Å². The van der Waals surface area contributed by atoms with Gasteiger partial charge in [0.15, 0.2) is 5.69 Å². The van der Waals surface area contributed by atoms with E-state index in [0.29, 0.717) is 12.6 Å². The van der Waals surface area contributed by atoms with Crippen LogP contribution in [0.4, 0.5) is 0 Å². The summed E-state index contributed by atoms with van der Waals surface area (Å²) in [5.41, 5.74) is -0.0219. The van der Waals surface area contributed by atoms with E-state index in [1.165, 1.54) is 10.9 Å². The van der Waals surface area contributed by atoms with Crippen molar-refractivity contribution in [2.24, 2.45) is 0 Å². The summed E-state index contributed by atoms with van der Waals surface area (Å²) in [7, 11) is 0. The normalized spacial score (nSPS) is 18.1. The lowest BCUT2D eigenvalue weighted by Gasteiger charge is -2.29. The van der Waals surface area contributed by atoms with E-state index in [1.807, 2.05) is 0 Å². The van der Waals surface area contributed by atoms with Crippen molar-refractivity contribution in [1.82, 2.24) is 25.2 Å².